The van der Waals surface area contributed by atoms with Crippen LogP contribution in [0.5, 0.6) is 0 Å². The zero-order valence-corrected chi connectivity index (χ0v) is 10.6. The summed E-state index contributed by atoms with van der Waals surface area (Å²) >= 11 is 0. The van der Waals surface area contributed by atoms with Gasteiger partial charge in [-0.05, 0) is 22.8 Å². The fraction of sp³-hybridized carbons (Fsp3) is 1.00. The van der Waals surface area contributed by atoms with E-state index in [0.29, 0.717) is 16.9 Å². The van der Waals surface area contributed by atoms with Crippen molar-refractivity contribution in [2.75, 3.05) is 13.1 Å². The fourth-order valence-corrected chi connectivity index (χ4v) is 2.16. The van der Waals surface area contributed by atoms with E-state index in [0.717, 1.165) is 13.1 Å². The lowest BCUT2D eigenvalue weighted by Crippen LogP contribution is -2.38. The topological polar surface area (TPSA) is 38.0 Å². The van der Waals surface area contributed by atoms with Crippen LogP contribution in [0.25, 0.3) is 0 Å². The Morgan fingerprint density at radius 3 is 1.86 bits per heavy atom. The van der Waals surface area contributed by atoms with Gasteiger partial charge in [0, 0.05) is 12.6 Å². The minimum Gasteiger partial charge on any atom is -0.330 e. The molecule has 0 heterocycles. The molecule has 0 amide bonds. The van der Waals surface area contributed by atoms with Crippen LogP contribution in [0.3, 0.4) is 0 Å². The zero-order valence-electron chi connectivity index (χ0n) is 10.6. The molecular weight excluding hydrogens is 172 g/mol. The second-order valence-corrected chi connectivity index (χ2v) is 6.63. The molecule has 0 aliphatic heterocycles. The lowest BCUT2D eigenvalue weighted by Gasteiger charge is -2.23. The third kappa shape index (κ3) is 1.82. The van der Waals surface area contributed by atoms with Crippen LogP contribution in [0, 0.1) is 16.2 Å². The molecule has 0 atom stereocenters. The first-order valence-electron chi connectivity index (χ1n) is 5.58. The Hall–Kier alpha value is -0.0800. The fourth-order valence-electron chi connectivity index (χ4n) is 2.16. The van der Waals surface area contributed by atoms with E-state index < -0.39 is 0 Å². The summed E-state index contributed by atoms with van der Waals surface area (Å²) in [5.41, 5.74) is 6.78. The van der Waals surface area contributed by atoms with Gasteiger partial charge >= 0.3 is 0 Å². The molecule has 1 saturated carbocycles. The lowest BCUT2D eigenvalue weighted by molar-refractivity contribution is 0.339. The molecule has 2 heteroatoms. The summed E-state index contributed by atoms with van der Waals surface area (Å²) in [6, 6.07) is 0.640. The number of rotatable bonds is 4. The van der Waals surface area contributed by atoms with Gasteiger partial charge in [-0.25, -0.2) is 0 Å². The molecule has 1 rings (SSSR count). The van der Waals surface area contributed by atoms with Gasteiger partial charge in [-0.3, -0.25) is 0 Å². The van der Waals surface area contributed by atoms with Crippen molar-refractivity contribution in [1.29, 1.82) is 0 Å². The average molecular weight is 198 g/mol. The van der Waals surface area contributed by atoms with Crippen molar-refractivity contribution in [2.24, 2.45) is 22.0 Å². The Bertz CT molecular complexity index is 202. The van der Waals surface area contributed by atoms with Crippen LogP contribution in [0.4, 0.5) is 0 Å². The van der Waals surface area contributed by atoms with E-state index in [4.69, 9.17) is 5.73 Å². The maximum Gasteiger partial charge on any atom is 0.0181 e. The monoisotopic (exact) mass is 198 g/mol. The number of nitrogens with two attached hydrogens (primary N) is 1. The van der Waals surface area contributed by atoms with Gasteiger partial charge in [0.2, 0.25) is 0 Å². The number of hydrogen-bond acceptors (Lipinski definition) is 2. The molecule has 0 aromatic rings. The van der Waals surface area contributed by atoms with Crippen molar-refractivity contribution < 1.29 is 0 Å². The summed E-state index contributed by atoms with van der Waals surface area (Å²) in [7, 11) is 0. The van der Waals surface area contributed by atoms with Crippen LogP contribution in [0.15, 0.2) is 0 Å². The Balaban J connectivity index is 2.43. The first-order chi connectivity index (χ1) is 6.15. The molecule has 14 heavy (non-hydrogen) atoms. The molecule has 0 spiro atoms. The molecule has 0 bridgehead atoms. The quantitative estimate of drug-likeness (QED) is 0.725. The van der Waals surface area contributed by atoms with E-state index in [1.807, 2.05) is 0 Å². The standard InChI is InChI=1S/C12H26N2/c1-10(2,7-13)8-14-9-11(3,4)12(9,5)6/h9,14H,7-8,13H2,1-6H3. The van der Waals surface area contributed by atoms with Crippen molar-refractivity contribution in [3.8, 4) is 0 Å². The van der Waals surface area contributed by atoms with Gasteiger partial charge in [0.1, 0.15) is 0 Å². The van der Waals surface area contributed by atoms with Crippen molar-refractivity contribution in [3.05, 3.63) is 0 Å². The predicted molar refractivity (Wildman–Crippen MR) is 62.2 cm³/mol. The van der Waals surface area contributed by atoms with Crippen LogP contribution in [0.1, 0.15) is 41.5 Å². The molecule has 1 aliphatic rings. The molecule has 1 aliphatic carbocycles. The highest BCUT2D eigenvalue weighted by Crippen LogP contribution is 2.62. The Morgan fingerprint density at radius 1 is 1.14 bits per heavy atom. The molecule has 84 valence electrons. The first kappa shape index (κ1) is 12.0. The Labute approximate surface area is 88.6 Å². The summed E-state index contributed by atoms with van der Waals surface area (Å²) in [6.07, 6.45) is 0. The van der Waals surface area contributed by atoms with Gasteiger partial charge in [0.25, 0.3) is 0 Å². The van der Waals surface area contributed by atoms with Crippen molar-refractivity contribution in [3.63, 3.8) is 0 Å². The molecule has 0 aromatic carbocycles. The molecule has 0 saturated heterocycles. The summed E-state index contributed by atoms with van der Waals surface area (Å²) < 4.78 is 0. The van der Waals surface area contributed by atoms with Crippen molar-refractivity contribution in [1.82, 2.24) is 5.32 Å². The van der Waals surface area contributed by atoms with Gasteiger partial charge < -0.3 is 11.1 Å². The van der Waals surface area contributed by atoms with E-state index >= 15 is 0 Å². The predicted octanol–water partition coefficient (Wildman–Crippen LogP) is 2.00. The molecular formula is C12H26N2. The highest BCUT2D eigenvalue weighted by molar-refractivity contribution is 5.17. The highest BCUT2D eigenvalue weighted by atomic mass is 15.0. The average Bonchev–Trinajstić information content (AvgIpc) is 2.41. The largest absolute Gasteiger partial charge is 0.330 e. The van der Waals surface area contributed by atoms with E-state index in [1.54, 1.807) is 0 Å². The summed E-state index contributed by atoms with van der Waals surface area (Å²) in [6.45, 7) is 15.5. The SMILES string of the molecule is CC(C)(CN)CNC1C(C)(C)C1(C)C. The molecule has 0 radical (unpaired) electrons. The summed E-state index contributed by atoms with van der Waals surface area (Å²) in [5.74, 6) is 0. The van der Waals surface area contributed by atoms with Gasteiger partial charge in [0.05, 0.1) is 0 Å². The third-order valence-electron chi connectivity index (χ3n) is 4.36. The third-order valence-corrected chi connectivity index (χ3v) is 4.36. The number of nitrogens with one attached hydrogen (secondary N) is 1. The van der Waals surface area contributed by atoms with E-state index in [1.165, 1.54) is 0 Å². The van der Waals surface area contributed by atoms with Crippen LogP contribution >= 0.6 is 0 Å². The van der Waals surface area contributed by atoms with Gasteiger partial charge in [0.15, 0.2) is 0 Å². The van der Waals surface area contributed by atoms with Gasteiger partial charge in [-0.15, -0.1) is 0 Å². The second kappa shape index (κ2) is 3.21. The van der Waals surface area contributed by atoms with E-state index in [2.05, 4.69) is 46.9 Å². The second-order valence-electron chi connectivity index (χ2n) is 6.63. The zero-order chi connectivity index (χ0) is 11.2. The van der Waals surface area contributed by atoms with E-state index in [-0.39, 0.29) is 5.41 Å². The Morgan fingerprint density at radius 2 is 1.57 bits per heavy atom. The van der Waals surface area contributed by atoms with Crippen LogP contribution in [0.2, 0.25) is 0 Å². The van der Waals surface area contributed by atoms with E-state index in [9.17, 15) is 0 Å². The normalized spacial score (nSPS) is 25.1. The summed E-state index contributed by atoms with van der Waals surface area (Å²) in [5, 5.41) is 3.65. The smallest absolute Gasteiger partial charge is 0.0181 e. The molecule has 0 aromatic heterocycles. The van der Waals surface area contributed by atoms with Crippen LogP contribution < -0.4 is 11.1 Å². The maximum absolute atomic E-state index is 5.71. The molecule has 3 N–H and O–H groups in total. The molecule has 1 fully saturated rings. The first-order valence-corrected chi connectivity index (χ1v) is 5.58. The minimum absolute atomic E-state index is 0.217. The molecule has 2 nitrogen and oxygen atoms in total. The van der Waals surface area contributed by atoms with Crippen molar-refractivity contribution >= 4 is 0 Å². The van der Waals surface area contributed by atoms with Crippen LogP contribution in [-0.2, 0) is 0 Å². The maximum atomic E-state index is 5.71. The highest BCUT2D eigenvalue weighted by Gasteiger charge is 2.64. The van der Waals surface area contributed by atoms with Gasteiger partial charge in [-0.1, -0.05) is 41.5 Å². The van der Waals surface area contributed by atoms with Gasteiger partial charge in [-0.2, -0.15) is 0 Å². The van der Waals surface area contributed by atoms with Crippen LogP contribution in [-0.4, -0.2) is 19.1 Å². The minimum atomic E-state index is 0.217. The summed E-state index contributed by atoms with van der Waals surface area (Å²) in [4.78, 5) is 0. The molecule has 0 unspecified atom stereocenters. The lowest BCUT2D eigenvalue weighted by atomic mass is 9.94. The Kier molecular flexibility index (Phi) is 2.75. The van der Waals surface area contributed by atoms with Crippen molar-refractivity contribution in [2.45, 2.75) is 47.6 Å². The number of hydrogen-bond donors (Lipinski definition) is 2.